The van der Waals surface area contributed by atoms with Crippen molar-refractivity contribution in [1.29, 1.82) is 0 Å². The molecule has 1 aromatic carbocycles. The fraction of sp³-hybridized carbons (Fsp3) is 0.353. The normalized spacial score (nSPS) is 16.3. The molecule has 126 valence electrons. The highest BCUT2D eigenvalue weighted by Gasteiger charge is 2.27. The highest BCUT2D eigenvalue weighted by molar-refractivity contribution is 5.94. The third-order valence-electron chi connectivity index (χ3n) is 4.23. The number of hydrogen-bond donors (Lipinski definition) is 1. The van der Waals surface area contributed by atoms with Crippen LogP contribution in [0.1, 0.15) is 12.1 Å². The Hall–Kier alpha value is -2.83. The van der Waals surface area contributed by atoms with Crippen molar-refractivity contribution in [2.24, 2.45) is 5.92 Å². The lowest BCUT2D eigenvalue weighted by Gasteiger charge is -2.27. The molecular weight excluding hydrogens is 310 g/mol. The topological polar surface area (TPSA) is 84.7 Å². The predicted molar refractivity (Wildman–Crippen MR) is 87.0 cm³/mol. The van der Waals surface area contributed by atoms with Crippen LogP contribution in [-0.2, 0) is 22.6 Å². The van der Waals surface area contributed by atoms with Crippen molar-refractivity contribution in [3.63, 3.8) is 0 Å². The number of benzene rings is 1. The maximum atomic E-state index is 12.7. The summed E-state index contributed by atoms with van der Waals surface area (Å²) in [6, 6.07) is 6.83. The molecule has 1 aliphatic rings. The number of fused-ring (bicyclic) bond motifs is 1. The summed E-state index contributed by atoms with van der Waals surface area (Å²) in [4.78, 5) is 29.0. The van der Waals surface area contributed by atoms with Crippen molar-refractivity contribution < 1.29 is 19.4 Å². The molecule has 7 nitrogen and oxygen atoms in total. The molecule has 1 unspecified atom stereocenters. The van der Waals surface area contributed by atoms with Crippen LogP contribution in [0.4, 0.5) is 5.69 Å². The van der Waals surface area contributed by atoms with Crippen LogP contribution in [0.25, 0.3) is 0 Å². The number of rotatable bonds is 5. The standard InChI is InChI=1S/C17H19N3O4/c1-19(13-4-6-15(7-5-13)24-10-16(21)22)17(23)12-2-3-14-8-18-11-20(14)9-12/h4-8,11-12H,2-3,9-10H2,1H3,(H,21,22). The second kappa shape index (κ2) is 6.74. The van der Waals surface area contributed by atoms with E-state index in [1.807, 2.05) is 10.8 Å². The van der Waals surface area contributed by atoms with Crippen molar-refractivity contribution in [3.05, 3.63) is 42.5 Å². The molecule has 0 bridgehead atoms. The summed E-state index contributed by atoms with van der Waals surface area (Å²) in [5.41, 5.74) is 1.92. The summed E-state index contributed by atoms with van der Waals surface area (Å²) in [7, 11) is 1.75. The fourth-order valence-electron chi connectivity index (χ4n) is 2.89. The lowest BCUT2D eigenvalue weighted by Crippen LogP contribution is -2.37. The molecule has 0 spiro atoms. The number of aromatic nitrogens is 2. The Labute approximate surface area is 139 Å². The molecule has 2 aromatic rings. The lowest BCUT2D eigenvalue weighted by atomic mass is 9.96. The summed E-state index contributed by atoms with van der Waals surface area (Å²) in [6.45, 7) is 0.266. The van der Waals surface area contributed by atoms with Gasteiger partial charge in [0.15, 0.2) is 6.61 Å². The highest BCUT2D eigenvalue weighted by atomic mass is 16.5. The van der Waals surface area contributed by atoms with E-state index < -0.39 is 5.97 Å². The molecule has 1 aromatic heterocycles. The molecule has 1 atom stereocenters. The number of imidazole rings is 1. The molecule has 24 heavy (non-hydrogen) atoms. The van der Waals surface area contributed by atoms with Gasteiger partial charge in [-0.25, -0.2) is 9.78 Å². The molecular formula is C17H19N3O4. The molecule has 0 aliphatic carbocycles. The van der Waals surface area contributed by atoms with E-state index in [0.717, 1.165) is 18.5 Å². The van der Waals surface area contributed by atoms with E-state index in [4.69, 9.17) is 9.84 Å². The van der Waals surface area contributed by atoms with Crippen LogP contribution in [-0.4, -0.2) is 40.2 Å². The summed E-state index contributed by atoms with van der Waals surface area (Å²) in [5.74, 6) is -0.571. The zero-order valence-electron chi connectivity index (χ0n) is 13.4. The Kier molecular flexibility index (Phi) is 4.50. The van der Waals surface area contributed by atoms with E-state index >= 15 is 0 Å². The Morgan fingerprint density at radius 3 is 2.83 bits per heavy atom. The molecule has 0 fully saturated rings. The molecule has 1 N–H and O–H groups in total. The first-order chi connectivity index (χ1) is 11.5. The van der Waals surface area contributed by atoms with Crippen molar-refractivity contribution >= 4 is 17.6 Å². The van der Waals surface area contributed by atoms with Crippen LogP contribution in [0.15, 0.2) is 36.8 Å². The summed E-state index contributed by atoms with van der Waals surface area (Å²) in [6.07, 6.45) is 5.28. The van der Waals surface area contributed by atoms with Gasteiger partial charge in [-0.15, -0.1) is 0 Å². The number of carboxylic acids is 1. The van der Waals surface area contributed by atoms with Gasteiger partial charge in [0.25, 0.3) is 0 Å². The Bertz CT molecular complexity index is 739. The van der Waals surface area contributed by atoms with E-state index in [0.29, 0.717) is 12.3 Å². The quantitative estimate of drug-likeness (QED) is 0.900. The first kappa shape index (κ1) is 16.0. The number of hydrogen-bond acceptors (Lipinski definition) is 4. The lowest BCUT2D eigenvalue weighted by molar-refractivity contribution is -0.139. The van der Waals surface area contributed by atoms with E-state index in [1.54, 1.807) is 42.5 Å². The average Bonchev–Trinajstić information content (AvgIpc) is 3.06. The number of anilines is 1. The van der Waals surface area contributed by atoms with E-state index in [9.17, 15) is 9.59 Å². The molecule has 2 heterocycles. The largest absolute Gasteiger partial charge is 0.482 e. The van der Waals surface area contributed by atoms with Crippen LogP contribution >= 0.6 is 0 Å². The predicted octanol–water partition coefficient (Wildman–Crippen LogP) is 1.57. The van der Waals surface area contributed by atoms with Crippen molar-refractivity contribution in [2.45, 2.75) is 19.4 Å². The SMILES string of the molecule is CN(C(=O)C1CCc2cncn2C1)c1ccc(OCC(=O)O)cc1. The van der Waals surface area contributed by atoms with Crippen molar-refractivity contribution in [2.75, 3.05) is 18.6 Å². The number of ether oxygens (including phenoxy) is 1. The Balaban J connectivity index is 1.64. The van der Waals surface area contributed by atoms with Crippen LogP contribution in [0, 0.1) is 5.92 Å². The minimum Gasteiger partial charge on any atom is -0.482 e. The van der Waals surface area contributed by atoms with Crippen LogP contribution in [0.2, 0.25) is 0 Å². The first-order valence-electron chi connectivity index (χ1n) is 7.76. The van der Waals surface area contributed by atoms with Gasteiger partial charge in [-0.1, -0.05) is 0 Å². The second-order valence-corrected chi connectivity index (χ2v) is 5.85. The molecule has 3 rings (SSSR count). The van der Waals surface area contributed by atoms with Crippen LogP contribution < -0.4 is 9.64 Å². The minimum absolute atomic E-state index is 0.0635. The fourth-order valence-corrected chi connectivity index (χ4v) is 2.89. The molecule has 0 saturated heterocycles. The zero-order chi connectivity index (χ0) is 17.1. The Morgan fingerprint density at radius 2 is 2.12 bits per heavy atom. The maximum absolute atomic E-state index is 12.7. The third-order valence-corrected chi connectivity index (χ3v) is 4.23. The second-order valence-electron chi connectivity index (χ2n) is 5.85. The van der Waals surface area contributed by atoms with Gasteiger partial charge < -0.3 is 19.3 Å². The number of aliphatic carboxylic acids is 1. The van der Waals surface area contributed by atoms with Gasteiger partial charge in [-0.3, -0.25) is 4.79 Å². The summed E-state index contributed by atoms with van der Waals surface area (Å²) >= 11 is 0. The van der Waals surface area contributed by atoms with Crippen molar-refractivity contribution in [3.8, 4) is 5.75 Å². The van der Waals surface area contributed by atoms with Gasteiger partial charge in [0, 0.05) is 31.2 Å². The van der Waals surface area contributed by atoms with Gasteiger partial charge >= 0.3 is 5.97 Å². The highest BCUT2D eigenvalue weighted by Crippen LogP contribution is 2.25. The van der Waals surface area contributed by atoms with Crippen LogP contribution in [0.5, 0.6) is 5.75 Å². The molecule has 7 heteroatoms. The number of carboxylic acid groups (broad SMARTS) is 1. The van der Waals surface area contributed by atoms with Gasteiger partial charge in [0.05, 0.1) is 12.2 Å². The zero-order valence-corrected chi connectivity index (χ0v) is 13.4. The number of aryl methyl sites for hydroxylation is 1. The van der Waals surface area contributed by atoms with E-state index in [-0.39, 0.29) is 18.4 Å². The first-order valence-corrected chi connectivity index (χ1v) is 7.76. The monoisotopic (exact) mass is 329 g/mol. The van der Waals surface area contributed by atoms with Gasteiger partial charge in [-0.05, 0) is 37.1 Å². The van der Waals surface area contributed by atoms with Crippen molar-refractivity contribution in [1.82, 2.24) is 9.55 Å². The smallest absolute Gasteiger partial charge is 0.341 e. The molecule has 1 amide bonds. The number of nitrogens with zero attached hydrogens (tertiary/aromatic N) is 3. The summed E-state index contributed by atoms with van der Waals surface area (Å²) < 4.78 is 7.13. The molecule has 0 saturated carbocycles. The minimum atomic E-state index is -1.03. The van der Waals surface area contributed by atoms with E-state index in [1.165, 1.54) is 5.69 Å². The van der Waals surface area contributed by atoms with Crippen LogP contribution in [0.3, 0.4) is 0 Å². The number of carbonyl (C=O) groups excluding carboxylic acids is 1. The Morgan fingerprint density at radius 1 is 1.38 bits per heavy atom. The average molecular weight is 329 g/mol. The maximum Gasteiger partial charge on any atom is 0.341 e. The molecule has 0 radical (unpaired) electrons. The van der Waals surface area contributed by atoms with E-state index in [2.05, 4.69) is 4.98 Å². The molecule has 1 aliphatic heterocycles. The summed E-state index contributed by atoms with van der Waals surface area (Å²) in [5, 5.41) is 8.60. The number of amides is 1. The number of carbonyl (C=O) groups is 2. The van der Waals surface area contributed by atoms with Gasteiger partial charge in [-0.2, -0.15) is 0 Å². The van der Waals surface area contributed by atoms with Gasteiger partial charge in [0.1, 0.15) is 5.75 Å². The third kappa shape index (κ3) is 3.40. The van der Waals surface area contributed by atoms with Gasteiger partial charge in [0.2, 0.25) is 5.91 Å².